The molecule has 0 bridgehead atoms. The number of likely N-dealkylation sites (tertiary alicyclic amines) is 1. The van der Waals surface area contributed by atoms with Gasteiger partial charge in [-0.15, -0.1) is 0 Å². The molecule has 0 aliphatic carbocycles. The first kappa shape index (κ1) is 19.8. The van der Waals surface area contributed by atoms with E-state index in [1.54, 1.807) is 7.11 Å². The van der Waals surface area contributed by atoms with E-state index in [0.717, 1.165) is 29.1 Å². The van der Waals surface area contributed by atoms with Gasteiger partial charge < -0.3 is 14.7 Å². The summed E-state index contributed by atoms with van der Waals surface area (Å²) in [5.41, 5.74) is 3.96. The van der Waals surface area contributed by atoms with Crippen molar-refractivity contribution in [2.24, 2.45) is 0 Å². The third-order valence-electron chi connectivity index (χ3n) is 6.61. The molecule has 0 radical (unpaired) electrons. The predicted molar refractivity (Wildman–Crippen MR) is 121 cm³/mol. The lowest BCUT2D eigenvalue weighted by molar-refractivity contribution is -0.0488. The normalized spacial score (nSPS) is 22.3. The average Bonchev–Trinajstić information content (AvgIpc) is 2.83. The fourth-order valence-corrected chi connectivity index (χ4v) is 5.07. The Hall–Kier alpha value is -3.15. The molecule has 5 rings (SSSR count). The van der Waals surface area contributed by atoms with Crippen LogP contribution in [0.3, 0.4) is 0 Å². The minimum Gasteiger partial charge on any atom is -0.497 e. The number of fused-ring (bicyclic) bond motifs is 3. The van der Waals surface area contributed by atoms with E-state index >= 15 is 0 Å². The molecule has 2 aliphatic heterocycles. The van der Waals surface area contributed by atoms with E-state index < -0.39 is 0 Å². The van der Waals surface area contributed by atoms with Gasteiger partial charge in [-0.2, -0.15) is 0 Å². The molecular formula is C26H26N2O3. The Morgan fingerprint density at radius 1 is 1.00 bits per heavy atom. The van der Waals surface area contributed by atoms with Crippen molar-refractivity contribution in [2.75, 3.05) is 25.2 Å². The number of hydrogen-bond donors (Lipinski definition) is 1. The lowest BCUT2D eigenvalue weighted by atomic mass is 9.71. The summed E-state index contributed by atoms with van der Waals surface area (Å²) < 4.78 is 5.27. The Kier molecular flexibility index (Phi) is 5.22. The van der Waals surface area contributed by atoms with Crippen LogP contribution in [0.1, 0.15) is 27.4 Å². The van der Waals surface area contributed by atoms with Gasteiger partial charge in [-0.1, -0.05) is 48.5 Å². The topological polar surface area (TPSA) is 53.0 Å². The maximum absolute atomic E-state index is 13.4. The number of anilines is 1. The highest BCUT2D eigenvalue weighted by Crippen LogP contribution is 2.48. The summed E-state index contributed by atoms with van der Waals surface area (Å²) in [6.45, 7) is 1.44. The number of amides is 1. The summed E-state index contributed by atoms with van der Waals surface area (Å²) >= 11 is 0. The van der Waals surface area contributed by atoms with Crippen molar-refractivity contribution in [3.05, 3.63) is 95.6 Å². The van der Waals surface area contributed by atoms with Crippen LogP contribution < -0.4 is 9.64 Å². The second-order valence-electron chi connectivity index (χ2n) is 8.20. The Morgan fingerprint density at radius 2 is 1.71 bits per heavy atom. The maximum atomic E-state index is 13.4. The van der Waals surface area contributed by atoms with Crippen LogP contribution in [-0.2, 0) is 6.54 Å². The fourth-order valence-electron chi connectivity index (χ4n) is 5.07. The quantitative estimate of drug-likeness (QED) is 0.692. The van der Waals surface area contributed by atoms with Crippen LogP contribution in [0.4, 0.5) is 5.69 Å². The van der Waals surface area contributed by atoms with Crippen LogP contribution in [0.5, 0.6) is 5.75 Å². The Balaban J connectivity index is 1.46. The molecular weight excluding hydrogens is 388 g/mol. The fraction of sp³-hybridized carbons (Fsp3) is 0.269. The summed E-state index contributed by atoms with van der Waals surface area (Å²) in [4.78, 5) is 17.6. The smallest absolute Gasteiger partial charge is 0.258 e. The van der Waals surface area contributed by atoms with Crippen molar-refractivity contribution in [2.45, 2.75) is 24.5 Å². The number of nitrogens with zero attached hydrogens (tertiary/aromatic N) is 2. The third kappa shape index (κ3) is 3.40. The third-order valence-corrected chi connectivity index (χ3v) is 6.61. The molecule has 5 nitrogen and oxygen atoms in total. The summed E-state index contributed by atoms with van der Waals surface area (Å²) in [5, 5.41) is 10.2. The number of para-hydroxylation sites is 1. The van der Waals surface area contributed by atoms with Gasteiger partial charge in [0, 0.05) is 42.3 Å². The first-order chi connectivity index (χ1) is 15.2. The predicted octanol–water partition coefficient (Wildman–Crippen LogP) is 3.68. The molecule has 1 saturated heterocycles. The molecule has 0 unspecified atom stereocenters. The number of aliphatic hydroxyl groups excluding tert-OH is 1. The molecule has 0 aromatic heterocycles. The van der Waals surface area contributed by atoms with Gasteiger partial charge in [0.2, 0.25) is 0 Å². The van der Waals surface area contributed by atoms with Crippen molar-refractivity contribution in [1.82, 2.24) is 4.90 Å². The van der Waals surface area contributed by atoms with E-state index in [-0.39, 0.29) is 30.5 Å². The molecule has 3 atom stereocenters. The molecule has 1 fully saturated rings. The summed E-state index contributed by atoms with van der Waals surface area (Å²) in [6.07, 6.45) is 0. The van der Waals surface area contributed by atoms with Gasteiger partial charge in [-0.3, -0.25) is 9.69 Å². The number of ether oxygens (including phenoxy) is 1. The van der Waals surface area contributed by atoms with Crippen molar-refractivity contribution in [3.63, 3.8) is 0 Å². The van der Waals surface area contributed by atoms with E-state index in [0.29, 0.717) is 12.1 Å². The molecule has 0 saturated carbocycles. The Labute approximate surface area is 182 Å². The number of methoxy groups -OCH3 is 1. The second kappa shape index (κ2) is 8.17. The van der Waals surface area contributed by atoms with Gasteiger partial charge in [0.05, 0.1) is 13.7 Å². The van der Waals surface area contributed by atoms with Crippen molar-refractivity contribution in [3.8, 4) is 5.75 Å². The van der Waals surface area contributed by atoms with Gasteiger partial charge in [-0.25, -0.2) is 0 Å². The van der Waals surface area contributed by atoms with Crippen LogP contribution in [-0.4, -0.2) is 48.3 Å². The largest absolute Gasteiger partial charge is 0.497 e. The second-order valence-corrected chi connectivity index (χ2v) is 8.20. The molecule has 1 N–H and O–H groups in total. The zero-order chi connectivity index (χ0) is 21.4. The molecule has 31 heavy (non-hydrogen) atoms. The van der Waals surface area contributed by atoms with Crippen LogP contribution in [0.15, 0.2) is 78.9 Å². The van der Waals surface area contributed by atoms with E-state index in [9.17, 15) is 9.90 Å². The first-order valence-electron chi connectivity index (χ1n) is 10.7. The highest BCUT2D eigenvalue weighted by Gasteiger charge is 2.53. The highest BCUT2D eigenvalue weighted by molar-refractivity contribution is 6.07. The molecule has 1 amide bonds. The molecule has 0 spiro atoms. The molecule has 2 heterocycles. The van der Waals surface area contributed by atoms with Gasteiger partial charge in [-0.05, 0) is 41.5 Å². The van der Waals surface area contributed by atoms with Crippen molar-refractivity contribution in [1.29, 1.82) is 0 Å². The number of hydrogen-bond acceptors (Lipinski definition) is 4. The molecule has 5 heteroatoms. The monoisotopic (exact) mass is 414 g/mol. The SMILES string of the molecule is COc1ccc(CN2[C@H](CO)[C@@H]3c4ccccc4N(C(=O)c4ccccc4)C[C@@H]32)cc1. The van der Waals surface area contributed by atoms with Gasteiger partial charge in [0.1, 0.15) is 5.75 Å². The zero-order valence-corrected chi connectivity index (χ0v) is 17.5. The number of carbonyl (C=O) groups is 1. The summed E-state index contributed by atoms with van der Waals surface area (Å²) in [6, 6.07) is 25.8. The van der Waals surface area contributed by atoms with Crippen LogP contribution in [0.2, 0.25) is 0 Å². The highest BCUT2D eigenvalue weighted by atomic mass is 16.5. The summed E-state index contributed by atoms with van der Waals surface area (Å²) in [7, 11) is 1.66. The van der Waals surface area contributed by atoms with E-state index in [2.05, 4.69) is 23.1 Å². The van der Waals surface area contributed by atoms with E-state index in [4.69, 9.17) is 4.74 Å². The minimum absolute atomic E-state index is 0.0170. The van der Waals surface area contributed by atoms with E-state index in [1.165, 1.54) is 0 Å². The zero-order valence-electron chi connectivity index (χ0n) is 17.5. The molecule has 158 valence electrons. The van der Waals surface area contributed by atoms with Crippen LogP contribution in [0.25, 0.3) is 0 Å². The number of carbonyl (C=O) groups excluding carboxylic acids is 1. The lowest BCUT2D eigenvalue weighted by Crippen LogP contribution is -2.68. The number of benzene rings is 3. The maximum Gasteiger partial charge on any atom is 0.258 e. The van der Waals surface area contributed by atoms with Gasteiger partial charge >= 0.3 is 0 Å². The molecule has 2 aliphatic rings. The lowest BCUT2D eigenvalue weighted by Gasteiger charge is -2.59. The summed E-state index contributed by atoms with van der Waals surface area (Å²) in [5.74, 6) is 1.07. The Bertz CT molecular complexity index is 1070. The average molecular weight is 415 g/mol. The first-order valence-corrected chi connectivity index (χ1v) is 10.7. The van der Waals surface area contributed by atoms with Crippen molar-refractivity contribution >= 4 is 11.6 Å². The van der Waals surface area contributed by atoms with E-state index in [1.807, 2.05) is 65.6 Å². The standard InChI is InChI=1S/C26H26N2O3/c1-31-20-13-11-18(12-14-20)15-27-23-16-28(26(30)19-7-3-2-4-8-19)22-10-6-5-9-21(22)25(23)24(27)17-29/h2-14,23-25,29H,15-17H2,1H3/t23-,24+,25+/m0/s1. The molecule has 3 aromatic carbocycles. The van der Waals surface area contributed by atoms with Gasteiger partial charge in [0.25, 0.3) is 5.91 Å². The van der Waals surface area contributed by atoms with Crippen LogP contribution >= 0.6 is 0 Å². The van der Waals surface area contributed by atoms with Crippen LogP contribution in [0, 0.1) is 0 Å². The van der Waals surface area contributed by atoms with Gasteiger partial charge in [0.15, 0.2) is 0 Å². The number of aliphatic hydroxyl groups is 1. The molecule has 3 aromatic rings. The Morgan fingerprint density at radius 3 is 2.42 bits per heavy atom. The number of rotatable bonds is 5. The minimum atomic E-state index is 0.0170. The van der Waals surface area contributed by atoms with Crippen molar-refractivity contribution < 1.29 is 14.6 Å².